The van der Waals surface area contributed by atoms with Crippen molar-refractivity contribution < 1.29 is 23.7 Å². The van der Waals surface area contributed by atoms with E-state index in [4.69, 9.17) is 0 Å². The summed E-state index contributed by atoms with van der Waals surface area (Å²) < 4.78 is 28.5. The number of halogens is 2. The number of aliphatic hydroxyl groups excluding tert-OH is 2. The Labute approximate surface area is 129 Å². The Kier molecular flexibility index (Phi) is 6.11. The Bertz CT molecular complexity index is 453. The average Bonchev–Trinajstić information content (AvgIpc) is 2.47. The molecule has 2 rings (SSSR count). The first-order valence-corrected chi connectivity index (χ1v) is 7.59. The summed E-state index contributed by atoms with van der Waals surface area (Å²) in [5, 5.41) is 20.0. The van der Waals surface area contributed by atoms with Crippen LogP contribution in [0.5, 0.6) is 5.75 Å². The van der Waals surface area contributed by atoms with E-state index in [-0.39, 0.29) is 17.8 Å². The molecule has 0 aromatic heterocycles. The molecule has 0 bridgehead atoms. The van der Waals surface area contributed by atoms with Gasteiger partial charge in [0.25, 0.3) is 0 Å². The van der Waals surface area contributed by atoms with Gasteiger partial charge in [0.2, 0.25) is 0 Å². The number of ether oxygens (including phenoxy) is 1. The Morgan fingerprint density at radius 2 is 1.95 bits per heavy atom. The molecule has 1 fully saturated rings. The van der Waals surface area contributed by atoms with E-state index in [0.717, 1.165) is 25.9 Å². The number of alkyl halides is 2. The standard InChI is InChI=1S/C16H23F2NO3/c1-11(20)13-3-2-8-19(9-13)10-15(21)12-4-6-14(7-5-12)22-16(17)18/h4-7,11,13,15-16,20-21H,2-3,8-10H2,1H3. The van der Waals surface area contributed by atoms with Crippen molar-refractivity contribution in [3.63, 3.8) is 0 Å². The first-order chi connectivity index (χ1) is 10.5. The lowest BCUT2D eigenvalue weighted by atomic mass is 9.93. The summed E-state index contributed by atoms with van der Waals surface area (Å²) >= 11 is 0. The minimum atomic E-state index is -2.85. The Morgan fingerprint density at radius 1 is 1.27 bits per heavy atom. The number of rotatable bonds is 6. The van der Waals surface area contributed by atoms with Crippen molar-refractivity contribution in [2.24, 2.45) is 5.92 Å². The fraction of sp³-hybridized carbons (Fsp3) is 0.625. The molecule has 6 heteroatoms. The number of β-amino-alcohol motifs (C(OH)–C–C–N with tert-alkyl or cyclic N) is 1. The predicted octanol–water partition coefficient (Wildman–Crippen LogP) is 2.41. The third-order valence-electron chi connectivity index (χ3n) is 4.15. The normalized spacial score (nSPS) is 22.5. The van der Waals surface area contributed by atoms with Crippen molar-refractivity contribution in [2.75, 3.05) is 19.6 Å². The van der Waals surface area contributed by atoms with Crippen molar-refractivity contribution in [1.82, 2.24) is 4.90 Å². The second-order valence-electron chi connectivity index (χ2n) is 5.87. The van der Waals surface area contributed by atoms with Gasteiger partial charge in [0.15, 0.2) is 0 Å². The molecule has 1 saturated heterocycles. The fourth-order valence-electron chi connectivity index (χ4n) is 2.87. The van der Waals surface area contributed by atoms with Crippen LogP contribution in [0.15, 0.2) is 24.3 Å². The Hall–Kier alpha value is -1.24. The highest BCUT2D eigenvalue weighted by Crippen LogP contribution is 2.24. The summed E-state index contributed by atoms with van der Waals surface area (Å²) in [6, 6.07) is 6.05. The molecule has 2 N–H and O–H groups in total. The van der Waals surface area contributed by atoms with Crippen LogP contribution in [0.1, 0.15) is 31.4 Å². The maximum Gasteiger partial charge on any atom is 0.387 e. The second kappa shape index (κ2) is 7.85. The quantitative estimate of drug-likeness (QED) is 0.846. The zero-order valence-electron chi connectivity index (χ0n) is 12.7. The number of likely N-dealkylation sites (tertiary alicyclic amines) is 1. The van der Waals surface area contributed by atoms with E-state index in [2.05, 4.69) is 9.64 Å². The zero-order valence-corrected chi connectivity index (χ0v) is 12.7. The van der Waals surface area contributed by atoms with Crippen LogP contribution in [0.2, 0.25) is 0 Å². The Morgan fingerprint density at radius 3 is 2.55 bits per heavy atom. The SMILES string of the molecule is CC(O)C1CCCN(CC(O)c2ccc(OC(F)F)cc2)C1. The molecule has 0 radical (unpaired) electrons. The number of hydrogen-bond donors (Lipinski definition) is 2. The molecular weight excluding hydrogens is 292 g/mol. The first-order valence-electron chi connectivity index (χ1n) is 7.59. The van der Waals surface area contributed by atoms with E-state index in [1.165, 1.54) is 12.1 Å². The van der Waals surface area contributed by atoms with Gasteiger partial charge in [0.05, 0.1) is 12.2 Å². The summed E-state index contributed by atoms with van der Waals surface area (Å²) in [6.45, 7) is 1.08. The van der Waals surface area contributed by atoms with Crippen molar-refractivity contribution in [3.8, 4) is 5.75 Å². The number of piperidine rings is 1. The van der Waals surface area contributed by atoms with Gasteiger partial charge in [-0.05, 0) is 49.9 Å². The third-order valence-corrected chi connectivity index (χ3v) is 4.15. The smallest absolute Gasteiger partial charge is 0.387 e. The number of aliphatic hydroxyl groups is 2. The van der Waals surface area contributed by atoms with E-state index in [1.54, 1.807) is 19.1 Å². The number of nitrogens with zero attached hydrogens (tertiary/aromatic N) is 1. The van der Waals surface area contributed by atoms with Gasteiger partial charge in [-0.25, -0.2) is 0 Å². The van der Waals surface area contributed by atoms with Gasteiger partial charge >= 0.3 is 6.61 Å². The lowest BCUT2D eigenvalue weighted by Crippen LogP contribution is -2.41. The van der Waals surface area contributed by atoms with Crippen LogP contribution in [0.25, 0.3) is 0 Å². The highest BCUT2D eigenvalue weighted by molar-refractivity contribution is 5.28. The summed E-state index contributed by atoms with van der Waals surface area (Å²) in [6.07, 6.45) is 0.979. The van der Waals surface area contributed by atoms with Crippen molar-refractivity contribution in [3.05, 3.63) is 29.8 Å². The van der Waals surface area contributed by atoms with Gasteiger partial charge in [-0.15, -0.1) is 0 Å². The van der Waals surface area contributed by atoms with Gasteiger partial charge < -0.3 is 19.8 Å². The lowest BCUT2D eigenvalue weighted by Gasteiger charge is -2.35. The van der Waals surface area contributed by atoms with Gasteiger partial charge in [0, 0.05) is 13.1 Å². The molecule has 1 aliphatic heterocycles. The largest absolute Gasteiger partial charge is 0.435 e. The monoisotopic (exact) mass is 315 g/mol. The summed E-state index contributed by atoms with van der Waals surface area (Å²) in [5.41, 5.74) is 0.667. The van der Waals surface area contributed by atoms with Crippen LogP contribution < -0.4 is 4.74 Å². The molecule has 1 heterocycles. The average molecular weight is 315 g/mol. The summed E-state index contributed by atoms with van der Waals surface area (Å²) in [4.78, 5) is 2.13. The minimum absolute atomic E-state index is 0.0816. The van der Waals surface area contributed by atoms with E-state index in [9.17, 15) is 19.0 Å². The molecule has 124 valence electrons. The molecule has 4 nitrogen and oxygen atoms in total. The molecule has 3 unspecified atom stereocenters. The van der Waals surface area contributed by atoms with Gasteiger partial charge in [-0.3, -0.25) is 0 Å². The van der Waals surface area contributed by atoms with E-state index in [0.29, 0.717) is 12.1 Å². The van der Waals surface area contributed by atoms with Crippen LogP contribution in [0.4, 0.5) is 8.78 Å². The molecule has 0 amide bonds. The van der Waals surface area contributed by atoms with Crippen LogP contribution >= 0.6 is 0 Å². The van der Waals surface area contributed by atoms with Crippen LogP contribution in [0, 0.1) is 5.92 Å². The third kappa shape index (κ3) is 4.90. The molecule has 1 aliphatic rings. The van der Waals surface area contributed by atoms with Crippen molar-refractivity contribution >= 4 is 0 Å². The highest BCUT2D eigenvalue weighted by atomic mass is 19.3. The van der Waals surface area contributed by atoms with Crippen molar-refractivity contribution in [2.45, 2.75) is 38.6 Å². The molecule has 0 saturated carbocycles. The molecule has 0 aliphatic carbocycles. The minimum Gasteiger partial charge on any atom is -0.435 e. The van der Waals surface area contributed by atoms with E-state index < -0.39 is 12.7 Å². The molecular formula is C16H23F2NO3. The van der Waals surface area contributed by atoms with Crippen molar-refractivity contribution in [1.29, 1.82) is 0 Å². The van der Waals surface area contributed by atoms with E-state index >= 15 is 0 Å². The Balaban J connectivity index is 1.89. The van der Waals surface area contributed by atoms with Crippen LogP contribution in [-0.2, 0) is 0 Å². The predicted molar refractivity (Wildman–Crippen MR) is 78.9 cm³/mol. The lowest BCUT2D eigenvalue weighted by molar-refractivity contribution is -0.0498. The van der Waals surface area contributed by atoms with Gasteiger partial charge in [-0.2, -0.15) is 8.78 Å². The number of benzene rings is 1. The van der Waals surface area contributed by atoms with Crippen LogP contribution in [0.3, 0.4) is 0 Å². The first kappa shape index (κ1) is 17.1. The maximum absolute atomic E-state index is 12.1. The molecule has 1 aromatic carbocycles. The van der Waals surface area contributed by atoms with Crippen LogP contribution in [-0.4, -0.2) is 47.5 Å². The molecule has 0 spiro atoms. The van der Waals surface area contributed by atoms with Gasteiger partial charge in [-0.1, -0.05) is 12.1 Å². The number of hydrogen-bond acceptors (Lipinski definition) is 4. The maximum atomic E-state index is 12.1. The molecule has 22 heavy (non-hydrogen) atoms. The van der Waals surface area contributed by atoms with E-state index in [1.807, 2.05) is 0 Å². The molecule has 3 atom stereocenters. The van der Waals surface area contributed by atoms with Gasteiger partial charge in [0.1, 0.15) is 5.75 Å². The summed E-state index contributed by atoms with van der Waals surface area (Å²) in [7, 11) is 0. The fourth-order valence-corrected chi connectivity index (χ4v) is 2.87. The molecule has 1 aromatic rings. The second-order valence-corrected chi connectivity index (χ2v) is 5.87. The topological polar surface area (TPSA) is 52.9 Å². The summed E-state index contributed by atoms with van der Waals surface area (Å²) in [5.74, 6) is 0.320. The zero-order chi connectivity index (χ0) is 16.1. The highest BCUT2D eigenvalue weighted by Gasteiger charge is 2.25.